The summed E-state index contributed by atoms with van der Waals surface area (Å²) in [6, 6.07) is 17.6. The predicted octanol–water partition coefficient (Wildman–Crippen LogP) is 4.25. The minimum Gasteiger partial charge on any atom is -0.455 e. The summed E-state index contributed by atoms with van der Waals surface area (Å²) in [7, 11) is 0. The second-order valence-corrected chi connectivity index (χ2v) is 5.16. The molecule has 21 heavy (non-hydrogen) atoms. The summed E-state index contributed by atoms with van der Waals surface area (Å²) in [5.41, 5.74) is 3.80. The number of para-hydroxylation sites is 2. The molecule has 1 N–H and O–H groups in total. The molecule has 3 nitrogen and oxygen atoms in total. The Morgan fingerprint density at radius 2 is 1.67 bits per heavy atom. The molecule has 0 fully saturated rings. The maximum absolute atomic E-state index is 12.2. The number of rotatable bonds is 1. The van der Waals surface area contributed by atoms with E-state index in [2.05, 4.69) is 4.98 Å². The Balaban J connectivity index is 2.12. The summed E-state index contributed by atoms with van der Waals surface area (Å²) < 4.78 is 5.97. The predicted molar refractivity (Wildman–Crippen MR) is 84.5 cm³/mol. The summed E-state index contributed by atoms with van der Waals surface area (Å²) in [4.78, 5) is 15.0. The first-order chi connectivity index (χ1) is 10.2. The Hall–Kier alpha value is -2.81. The van der Waals surface area contributed by atoms with Gasteiger partial charge in [0, 0.05) is 22.0 Å². The van der Waals surface area contributed by atoms with Gasteiger partial charge < -0.3 is 9.40 Å². The Kier molecular flexibility index (Phi) is 2.48. The van der Waals surface area contributed by atoms with Crippen molar-refractivity contribution in [3.63, 3.8) is 0 Å². The van der Waals surface area contributed by atoms with Crippen molar-refractivity contribution in [2.45, 2.75) is 6.92 Å². The van der Waals surface area contributed by atoms with Crippen molar-refractivity contribution in [2.75, 3.05) is 0 Å². The van der Waals surface area contributed by atoms with Crippen LogP contribution in [0.3, 0.4) is 0 Å². The first-order valence-electron chi connectivity index (χ1n) is 6.84. The Bertz CT molecular complexity index is 1020. The van der Waals surface area contributed by atoms with Crippen molar-refractivity contribution >= 4 is 21.9 Å². The van der Waals surface area contributed by atoms with Gasteiger partial charge in [0.2, 0.25) is 0 Å². The third-order valence-corrected chi connectivity index (χ3v) is 3.75. The molecule has 0 amide bonds. The van der Waals surface area contributed by atoms with Crippen LogP contribution in [0, 0.1) is 6.92 Å². The van der Waals surface area contributed by atoms with Crippen LogP contribution in [0.1, 0.15) is 5.69 Å². The van der Waals surface area contributed by atoms with Gasteiger partial charge in [0.05, 0.1) is 5.56 Å². The lowest BCUT2D eigenvalue weighted by Gasteiger charge is -2.02. The maximum Gasteiger partial charge on any atom is 0.256 e. The fraction of sp³-hybridized carbons (Fsp3) is 0.0556. The number of fused-ring (bicyclic) bond motifs is 3. The zero-order valence-electron chi connectivity index (χ0n) is 11.5. The lowest BCUT2D eigenvalue weighted by atomic mass is 10.0. The zero-order valence-corrected chi connectivity index (χ0v) is 11.5. The number of pyridine rings is 1. The van der Waals surface area contributed by atoms with E-state index < -0.39 is 0 Å². The first kappa shape index (κ1) is 12.0. The van der Waals surface area contributed by atoms with Crippen LogP contribution in [-0.2, 0) is 0 Å². The second-order valence-electron chi connectivity index (χ2n) is 5.16. The number of benzene rings is 2. The average molecular weight is 275 g/mol. The van der Waals surface area contributed by atoms with E-state index in [-0.39, 0.29) is 5.56 Å². The summed E-state index contributed by atoms with van der Waals surface area (Å²) in [5.74, 6) is 0. The summed E-state index contributed by atoms with van der Waals surface area (Å²) in [6.45, 7) is 1.87. The molecular weight excluding hydrogens is 262 g/mol. The molecule has 0 aliphatic heterocycles. The fourth-order valence-corrected chi connectivity index (χ4v) is 2.74. The summed E-state index contributed by atoms with van der Waals surface area (Å²) in [5, 5.41) is 2.10. The zero-order chi connectivity index (χ0) is 14.4. The molecule has 0 unspecified atom stereocenters. The van der Waals surface area contributed by atoms with Crippen molar-refractivity contribution in [3.8, 4) is 11.1 Å². The number of aromatic nitrogens is 1. The highest BCUT2D eigenvalue weighted by atomic mass is 16.3. The number of H-pyrrole nitrogens is 1. The molecule has 0 spiro atoms. The van der Waals surface area contributed by atoms with E-state index in [0.29, 0.717) is 5.56 Å². The van der Waals surface area contributed by atoms with Crippen LogP contribution in [0.4, 0.5) is 0 Å². The Labute approximate surface area is 120 Å². The first-order valence-corrected chi connectivity index (χ1v) is 6.84. The Morgan fingerprint density at radius 1 is 0.857 bits per heavy atom. The van der Waals surface area contributed by atoms with E-state index in [1.54, 1.807) is 0 Å². The van der Waals surface area contributed by atoms with Gasteiger partial charge in [-0.1, -0.05) is 36.4 Å². The largest absolute Gasteiger partial charge is 0.455 e. The van der Waals surface area contributed by atoms with Gasteiger partial charge in [-0.05, 0) is 25.1 Å². The van der Waals surface area contributed by atoms with E-state index in [1.165, 1.54) is 0 Å². The van der Waals surface area contributed by atoms with Gasteiger partial charge in [-0.15, -0.1) is 0 Å². The third-order valence-electron chi connectivity index (χ3n) is 3.75. The fourth-order valence-electron chi connectivity index (χ4n) is 2.74. The molecule has 4 aromatic rings. The molecule has 102 valence electrons. The van der Waals surface area contributed by atoms with E-state index >= 15 is 0 Å². The van der Waals surface area contributed by atoms with E-state index in [9.17, 15) is 4.79 Å². The maximum atomic E-state index is 12.2. The van der Waals surface area contributed by atoms with Gasteiger partial charge in [-0.3, -0.25) is 4.79 Å². The summed E-state index contributed by atoms with van der Waals surface area (Å²) >= 11 is 0. The van der Waals surface area contributed by atoms with E-state index in [4.69, 9.17) is 4.42 Å². The smallest absolute Gasteiger partial charge is 0.256 e. The molecule has 2 aromatic heterocycles. The van der Waals surface area contributed by atoms with Crippen LogP contribution in [-0.4, -0.2) is 4.98 Å². The quantitative estimate of drug-likeness (QED) is 0.564. The molecule has 0 bridgehead atoms. The molecular formula is C18H13NO2. The van der Waals surface area contributed by atoms with Crippen molar-refractivity contribution in [3.05, 3.63) is 70.6 Å². The lowest BCUT2D eigenvalue weighted by Crippen LogP contribution is -2.09. The standard InChI is InChI=1S/C18H13NO2/c1-11-9-10-15(18(20)19-11)14-7-4-6-13-12-5-2-3-8-16(12)21-17(13)14/h2-10H,1H3,(H,19,20). The van der Waals surface area contributed by atoms with Crippen LogP contribution in [0.15, 0.2) is 63.8 Å². The number of aryl methyl sites for hydroxylation is 1. The molecule has 4 rings (SSSR count). The average Bonchev–Trinajstić information content (AvgIpc) is 2.86. The van der Waals surface area contributed by atoms with Gasteiger partial charge in [0.15, 0.2) is 0 Å². The van der Waals surface area contributed by atoms with Crippen LogP contribution >= 0.6 is 0 Å². The van der Waals surface area contributed by atoms with Crippen molar-refractivity contribution in [1.82, 2.24) is 4.98 Å². The number of hydrogen-bond acceptors (Lipinski definition) is 2. The molecule has 0 aliphatic rings. The molecule has 3 heteroatoms. The summed E-state index contributed by atoms with van der Waals surface area (Å²) in [6.07, 6.45) is 0. The third kappa shape index (κ3) is 1.78. The molecule has 0 radical (unpaired) electrons. The van der Waals surface area contributed by atoms with Crippen LogP contribution in [0.2, 0.25) is 0 Å². The van der Waals surface area contributed by atoms with E-state index in [1.807, 2.05) is 61.5 Å². The highest BCUT2D eigenvalue weighted by Crippen LogP contribution is 2.34. The molecule has 0 aliphatic carbocycles. The molecule has 2 aromatic carbocycles. The molecule has 2 heterocycles. The normalized spacial score (nSPS) is 11.3. The number of hydrogen-bond donors (Lipinski definition) is 1. The minimum absolute atomic E-state index is 0.0945. The van der Waals surface area contributed by atoms with Gasteiger partial charge in [0.25, 0.3) is 5.56 Å². The molecule has 0 atom stereocenters. The topological polar surface area (TPSA) is 46.0 Å². The second kappa shape index (κ2) is 4.35. The van der Waals surface area contributed by atoms with E-state index in [0.717, 1.165) is 33.2 Å². The number of furan rings is 1. The highest BCUT2D eigenvalue weighted by molar-refractivity contribution is 6.09. The number of nitrogens with one attached hydrogen (secondary N) is 1. The van der Waals surface area contributed by atoms with Crippen molar-refractivity contribution < 1.29 is 4.42 Å². The van der Waals surface area contributed by atoms with Gasteiger partial charge in [-0.2, -0.15) is 0 Å². The lowest BCUT2D eigenvalue weighted by molar-refractivity contribution is 0.670. The van der Waals surface area contributed by atoms with Crippen LogP contribution < -0.4 is 5.56 Å². The van der Waals surface area contributed by atoms with Gasteiger partial charge >= 0.3 is 0 Å². The van der Waals surface area contributed by atoms with Gasteiger partial charge in [-0.25, -0.2) is 0 Å². The van der Waals surface area contributed by atoms with Crippen molar-refractivity contribution in [1.29, 1.82) is 0 Å². The van der Waals surface area contributed by atoms with Crippen LogP contribution in [0.25, 0.3) is 33.1 Å². The number of aromatic amines is 1. The van der Waals surface area contributed by atoms with Gasteiger partial charge in [0.1, 0.15) is 11.2 Å². The molecule has 0 saturated carbocycles. The Morgan fingerprint density at radius 3 is 2.52 bits per heavy atom. The monoisotopic (exact) mass is 275 g/mol. The molecule has 0 saturated heterocycles. The van der Waals surface area contributed by atoms with Crippen molar-refractivity contribution in [2.24, 2.45) is 0 Å². The highest BCUT2D eigenvalue weighted by Gasteiger charge is 2.13. The van der Waals surface area contributed by atoms with Crippen LogP contribution in [0.5, 0.6) is 0 Å². The SMILES string of the molecule is Cc1ccc(-c2cccc3c2oc2ccccc23)c(=O)[nH]1. The minimum atomic E-state index is -0.0945.